The Labute approximate surface area is 147 Å². The van der Waals surface area contributed by atoms with Crippen molar-refractivity contribution >= 4 is 23.8 Å². The van der Waals surface area contributed by atoms with Gasteiger partial charge in [-0.15, -0.1) is 0 Å². The summed E-state index contributed by atoms with van der Waals surface area (Å²) in [5, 5.41) is 5.13. The van der Waals surface area contributed by atoms with Crippen molar-refractivity contribution in [1.29, 1.82) is 0 Å². The van der Waals surface area contributed by atoms with Crippen LogP contribution in [0.3, 0.4) is 0 Å². The van der Waals surface area contributed by atoms with Crippen molar-refractivity contribution in [3.63, 3.8) is 0 Å². The van der Waals surface area contributed by atoms with E-state index in [1.165, 1.54) is 0 Å². The van der Waals surface area contributed by atoms with Gasteiger partial charge in [-0.3, -0.25) is 9.59 Å². The summed E-state index contributed by atoms with van der Waals surface area (Å²) in [6, 6.07) is 0. The number of rotatable bonds is 12. The predicted molar refractivity (Wildman–Crippen MR) is 91.4 cm³/mol. The Morgan fingerprint density at radius 1 is 0.720 bits per heavy atom. The molecule has 0 atom stereocenters. The summed E-state index contributed by atoms with van der Waals surface area (Å²) in [6.07, 6.45) is 6.26. The van der Waals surface area contributed by atoms with Gasteiger partial charge in [0.25, 0.3) is 0 Å². The average Bonchev–Trinajstić information content (AvgIpc) is 2.60. The summed E-state index contributed by atoms with van der Waals surface area (Å²) in [5.74, 6) is -1.96. The third-order valence-electron chi connectivity index (χ3n) is 2.59. The largest absolute Gasteiger partial charge is 0.463 e. The normalized spacial score (nSPS) is 10.6. The molecule has 0 aromatic carbocycles. The van der Waals surface area contributed by atoms with Gasteiger partial charge in [-0.1, -0.05) is 13.8 Å². The molecule has 2 amide bonds. The molecule has 25 heavy (non-hydrogen) atoms. The third kappa shape index (κ3) is 14.7. The fourth-order valence-corrected chi connectivity index (χ4v) is 1.42. The maximum Gasteiger partial charge on any atom is 0.330 e. The molecular formula is C17H26N2O6. The lowest BCUT2D eigenvalue weighted by Crippen LogP contribution is -2.28. The second kappa shape index (κ2) is 14.9. The van der Waals surface area contributed by atoms with Gasteiger partial charge >= 0.3 is 11.9 Å². The van der Waals surface area contributed by atoms with Gasteiger partial charge < -0.3 is 20.1 Å². The van der Waals surface area contributed by atoms with E-state index in [4.69, 9.17) is 9.47 Å². The van der Waals surface area contributed by atoms with Crippen molar-refractivity contribution in [1.82, 2.24) is 10.6 Å². The molecule has 0 saturated carbocycles. The summed E-state index contributed by atoms with van der Waals surface area (Å²) in [6.45, 7) is 5.03. The second-order valence-corrected chi connectivity index (χ2v) is 4.94. The number of carbonyl (C=O) groups excluding carboxylic acids is 4. The van der Waals surface area contributed by atoms with E-state index in [1.807, 2.05) is 13.8 Å². The van der Waals surface area contributed by atoms with Crippen LogP contribution in [0.4, 0.5) is 0 Å². The first kappa shape index (κ1) is 22.4. The van der Waals surface area contributed by atoms with Crippen LogP contribution in [0, 0.1) is 0 Å². The Hall–Kier alpha value is -2.64. The van der Waals surface area contributed by atoms with Crippen molar-refractivity contribution in [2.24, 2.45) is 0 Å². The van der Waals surface area contributed by atoms with Crippen molar-refractivity contribution < 1.29 is 28.7 Å². The molecule has 8 nitrogen and oxygen atoms in total. The predicted octanol–water partition coefficient (Wildman–Crippen LogP) is 0.628. The molecule has 0 saturated heterocycles. The molecular weight excluding hydrogens is 328 g/mol. The zero-order chi connectivity index (χ0) is 18.9. The number of nitrogens with one attached hydrogen (secondary N) is 2. The zero-order valence-corrected chi connectivity index (χ0v) is 14.7. The maximum absolute atomic E-state index is 11.4. The minimum absolute atomic E-state index is 0.315. The number of carbonyl (C=O) groups is 4. The van der Waals surface area contributed by atoms with E-state index >= 15 is 0 Å². The fourth-order valence-electron chi connectivity index (χ4n) is 1.42. The van der Waals surface area contributed by atoms with Gasteiger partial charge in [-0.05, 0) is 19.3 Å². The number of ether oxygens (including phenoxy) is 2. The quantitative estimate of drug-likeness (QED) is 0.302. The van der Waals surface area contributed by atoms with Crippen LogP contribution in [-0.4, -0.2) is 50.1 Å². The smallest absolute Gasteiger partial charge is 0.330 e. The van der Waals surface area contributed by atoms with Gasteiger partial charge in [-0.25, -0.2) is 9.59 Å². The van der Waals surface area contributed by atoms with Crippen LogP contribution in [0.1, 0.15) is 33.1 Å². The number of hydrogen-bond acceptors (Lipinski definition) is 6. The molecule has 0 rings (SSSR count). The highest BCUT2D eigenvalue weighted by Gasteiger charge is 2.01. The molecule has 0 aliphatic carbocycles. The zero-order valence-electron chi connectivity index (χ0n) is 14.7. The van der Waals surface area contributed by atoms with Crippen LogP contribution in [0.5, 0.6) is 0 Å². The molecule has 0 fully saturated rings. The number of amides is 2. The van der Waals surface area contributed by atoms with Gasteiger partial charge in [0.15, 0.2) is 0 Å². The van der Waals surface area contributed by atoms with Crippen molar-refractivity contribution in [2.45, 2.75) is 33.1 Å². The standard InChI is InChI=1S/C17H26N2O6/c1-3-12-24-16(22)8-6-14(20)18-10-5-11-19-15(21)7-9-17(23)25-13-4-2/h6-9H,3-5,10-13H2,1-2H3,(H,18,20)(H,19,21)/b8-6+,9-7+. The average molecular weight is 354 g/mol. The highest BCUT2D eigenvalue weighted by Crippen LogP contribution is 1.86. The van der Waals surface area contributed by atoms with E-state index in [2.05, 4.69) is 10.6 Å². The number of hydrogen-bond donors (Lipinski definition) is 2. The van der Waals surface area contributed by atoms with E-state index < -0.39 is 23.8 Å². The molecule has 0 heterocycles. The minimum Gasteiger partial charge on any atom is -0.463 e. The van der Waals surface area contributed by atoms with Crippen LogP contribution in [0.25, 0.3) is 0 Å². The van der Waals surface area contributed by atoms with Crippen LogP contribution >= 0.6 is 0 Å². The Morgan fingerprint density at radius 3 is 1.48 bits per heavy atom. The first-order valence-electron chi connectivity index (χ1n) is 8.24. The molecule has 0 aliphatic rings. The summed E-state index contributed by atoms with van der Waals surface area (Å²) >= 11 is 0. The molecule has 8 heteroatoms. The first-order chi connectivity index (χ1) is 12.0. The molecule has 0 aliphatic heterocycles. The van der Waals surface area contributed by atoms with Crippen molar-refractivity contribution in [2.75, 3.05) is 26.3 Å². The molecule has 0 spiro atoms. The molecule has 0 aromatic rings. The monoisotopic (exact) mass is 354 g/mol. The van der Waals surface area contributed by atoms with E-state index in [0.717, 1.165) is 24.3 Å². The lowest BCUT2D eigenvalue weighted by atomic mass is 10.3. The van der Waals surface area contributed by atoms with Gasteiger partial charge in [0.1, 0.15) is 0 Å². The maximum atomic E-state index is 11.4. The van der Waals surface area contributed by atoms with E-state index in [-0.39, 0.29) is 0 Å². The lowest BCUT2D eigenvalue weighted by molar-refractivity contribution is -0.138. The van der Waals surface area contributed by atoms with E-state index in [0.29, 0.717) is 45.6 Å². The van der Waals surface area contributed by atoms with Crippen LogP contribution < -0.4 is 10.6 Å². The molecule has 0 aromatic heterocycles. The highest BCUT2D eigenvalue weighted by atomic mass is 16.5. The second-order valence-electron chi connectivity index (χ2n) is 4.94. The lowest BCUT2D eigenvalue weighted by Gasteiger charge is -2.03. The summed E-state index contributed by atoms with van der Waals surface area (Å²) in [7, 11) is 0. The Kier molecular flexibility index (Phi) is 13.3. The minimum atomic E-state index is -0.562. The summed E-state index contributed by atoms with van der Waals surface area (Å²) in [5.41, 5.74) is 0. The third-order valence-corrected chi connectivity index (χ3v) is 2.59. The first-order valence-corrected chi connectivity index (χ1v) is 8.24. The van der Waals surface area contributed by atoms with E-state index in [9.17, 15) is 19.2 Å². The molecule has 0 unspecified atom stereocenters. The number of esters is 2. The van der Waals surface area contributed by atoms with Gasteiger partial charge in [0.2, 0.25) is 11.8 Å². The topological polar surface area (TPSA) is 111 Å². The Balaban J connectivity index is 3.77. The van der Waals surface area contributed by atoms with Gasteiger partial charge in [-0.2, -0.15) is 0 Å². The van der Waals surface area contributed by atoms with Crippen LogP contribution in [-0.2, 0) is 28.7 Å². The summed E-state index contributed by atoms with van der Waals surface area (Å²) < 4.78 is 9.56. The van der Waals surface area contributed by atoms with Crippen molar-refractivity contribution in [3.8, 4) is 0 Å². The van der Waals surface area contributed by atoms with Gasteiger partial charge in [0, 0.05) is 37.4 Å². The van der Waals surface area contributed by atoms with Crippen molar-refractivity contribution in [3.05, 3.63) is 24.3 Å². The fraction of sp³-hybridized carbons (Fsp3) is 0.529. The highest BCUT2D eigenvalue weighted by molar-refractivity contribution is 5.95. The van der Waals surface area contributed by atoms with Gasteiger partial charge in [0.05, 0.1) is 13.2 Å². The molecule has 0 radical (unpaired) electrons. The Bertz CT molecular complexity index is 455. The SMILES string of the molecule is CCCOC(=O)/C=C/C(=O)NCCCNC(=O)/C=C/C(=O)OCCC. The summed E-state index contributed by atoms with van der Waals surface area (Å²) in [4.78, 5) is 45.2. The molecule has 140 valence electrons. The van der Waals surface area contributed by atoms with E-state index in [1.54, 1.807) is 0 Å². The molecule has 2 N–H and O–H groups in total. The van der Waals surface area contributed by atoms with Crippen LogP contribution in [0.2, 0.25) is 0 Å². The Morgan fingerprint density at radius 2 is 1.12 bits per heavy atom. The van der Waals surface area contributed by atoms with Crippen LogP contribution in [0.15, 0.2) is 24.3 Å². The molecule has 0 bridgehead atoms.